The maximum Gasteiger partial charge on any atom is 0.256 e. The molecular weight excluding hydrogens is 338 g/mol. The van der Waals surface area contributed by atoms with Crippen LogP contribution in [-0.2, 0) is 13.0 Å². The van der Waals surface area contributed by atoms with Crippen molar-refractivity contribution in [3.8, 4) is 11.5 Å². The first-order valence-electron chi connectivity index (χ1n) is 8.42. The van der Waals surface area contributed by atoms with E-state index < -0.39 is 0 Å². The Kier molecular flexibility index (Phi) is 4.05. The SMILES string of the molecule is CCN1CCc2c(sc3c2C(=O)NC(c2ccc(OC)c(O)c2)N3)C1. The number of hydrogen-bond donors (Lipinski definition) is 3. The molecular formula is C18H21N3O3S. The molecule has 1 aromatic carbocycles. The zero-order valence-corrected chi connectivity index (χ0v) is 15.1. The predicted octanol–water partition coefficient (Wildman–Crippen LogP) is 2.69. The van der Waals surface area contributed by atoms with E-state index in [2.05, 4.69) is 22.5 Å². The van der Waals surface area contributed by atoms with Crippen molar-refractivity contribution in [1.29, 1.82) is 0 Å². The van der Waals surface area contributed by atoms with Gasteiger partial charge in [-0.25, -0.2) is 0 Å². The quantitative estimate of drug-likeness (QED) is 0.786. The Labute approximate surface area is 150 Å². The number of carbonyl (C=O) groups is 1. The lowest BCUT2D eigenvalue weighted by Gasteiger charge is -2.28. The molecule has 1 atom stereocenters. The van der Waals surface area contributed by atoms with Crippen molar-refractivity contribution in [2.75, 3.05) is 25.5 Å². The molecule has 2 aliphatic heterocycles. The fraction of sp³-hybridized carbons (Fsp3) is 0.389. The first-order valence-corrected chi connectivity index (χ1v) is 9.23. The number of methoxy groups -OCH3 is 1. The largest absolute Gasteiger partial charge is 0.504 e. The molecule has 1 aromatic heterocycles. The van der Waals surface area contributed by atoms with E-state index in [9.17, 15) is 9.90 Å². The Morgan fingerprint density at radius 2 is 2.24 bits per heavy atom. The number of hydrogen-bond acceptors (Lipinski definition) is 6. The number of fused-ring (bicyclic) bond motifs is 3. The number of rotatable bonds is 3. The number of likely N-dealkylation sites (N-methyl/N-ethyl adjacent to an activating group) is 1. The maximum atomic E-state index is 12.7. The molecule has 25 heavy (non-hydrogen) atoms. The summed E-state index contributed by atoms with van der Waals surface area (Å²) in [4.78, 5) is 16.4. The van der Waals surface area contributed by atoms with Crippen LogP contribution in [0.25, 0.3) is 0 Å². The van der Waals surface area contributed by atoms with Gasteiger partial charge in [-0.15, -0.1) is 11.3 Å². The molecule has 0 spiro atoms. The Balaban J connectivity index is 1.65. The Bertz CT molecular complexity index is 833. The van der Waals surface area contributed by atoms with E-state index in [1.54, 1.807) is 23.5 Å². The number of anilines is 1. The predicted molar refractivity (Wildman–Crippen MR) is 97.5 cm³/mol. The van der Waals surface area contributed by atoms with Crippen LogP contribution in [0.1, 0.15) is 39.5 Å². The highest BCUT2D eigenvalue weighted by Crippen LogP contribution is 2.41. The fourth-order valence-corrected chi connectivity index (χ4v) is 4.81. The summed E-state index contributed by atoms with van der Waals surface area (Å²) in [5.41, 5.74) is 2.77. The van der Waals surface area contributed by atoms with Gasteiger partial charge < -0.3 is 20.5 Å². The van der Waals surface area contributed by atoms with Gasteiger partial charge in [0, 0.05) is 18.0 Å². The summed E-state index contributed by atoms with van der Waals surface area (Å²) >= 11 is 1.67. The molecule has 2 aliphatic rings. The number of aromatic hydroxyl groups is 1. The monoisotopic (exact) mass is 359 g/mol. The van der Waals surface area contributed by atoms with Gasteiger partial charge in [0.05, 0.1) is 12.7 Å². The minimum atomic E-state index is -0.362. The van der Waals surface area contributed by atoms with Crippen LogP contribution < -0.4 is 15.4 Å². The second-order valence-electron chi connectivity index (χ2n) is 6.31. The highest BCUT2D eigenvalue weighted by atomic mass is 32.1. The van der Waals surface area contributed by atoms with Gasteiger partial charge in [0.1, 0.15) is 11.2 Å². The van der Waals surface area contributed by atoms with E-state index in [0.29, 0.717) is 5.75 Å². The highest BCUT2D eigenvalue weighted by molar-refractivity contribution is 7.16. The zero-order valence-electron chi connectivity index (χ0n) is 14.3. The molecule has 1 amide bonds. The smallest absolute Gasteiger partial charge is 0.256 e. The van der Waals surface area contributed by atoms with Crippen molar-refractivity contribution in [2.45, 2.75) is 26.1 Å². The average molecular weight is 359 g/mol. The highest BCUT2D eigenvalue weighted by Gasteiger charge is 2.33. The summed E-state index contributed by atoms with van der Waals surface area (Å²) in [6.45, 7) is 5.09. The van der Waals surface area contributed by atoms with Gasteiger partial charge in [-0.1, -0.05) is 13.0 Å². The zero-order chi connectivity index (χ0) is 17.6. The van der Waals surface area contributed by atoms with E-state index in [1.165, 1.54) is 17.6 Å². The van der Waals surface area contributed by atoms with Crippen molar-refractivity contribution in [1.82, 2.24) is 10.2 Å². The second-order valence-corrected chi connectivity index (χ2v) is 7.41. The van der Waals surface area contributed by atoms with E-state index in [1.807, 2.05) is 6.07 Å². The van der Waals surface area contributed by atoms with Crippen LogP contribution in [0, 0.1) is 0 Å². The summed E-state index contributed by atoms with van der Waals surface area (Å²) in [6.07, 6.45) is 0.553. The van der Waals surface area contributed by atoms with Crippen molar-refractivity contribution in [3.05, 3.63) is 39.8 Å². The Morgan fingerprint density at radius 3 is 2.96 bits per heavy atom. The summed E-state index contributed by atoms with van der Waals surface area (Å²) in [6, 6.07) is 5.16. The average Bonchev–Trinajstić information content (AvgIpc) is 2.99. The fourth-order valence-electron chi connectivity index (χ4n) is 3.49. The number of phenols is 1. The molecule has 0 bridgehead atoms. The lowest BCUT2D eigenvalue weighted by molar-refractivity contribution is 0.0934. The third-order valence-electron chi connectivity index (χ3n) is 4.90. The number of carbonyl (C=O) groups excluding carboxylic acids is 1. The molecule has 3 heterocycles. The summed E-state index contributed by atoms with van der Waals surface area (Å²) in [7, 11) is 1.51. The van der Waals surface area contributed by atoms with Crippen LogP contribution in [0.4, 0.5) is 5.00 Å². The van der Waals surface area contributed by atoms with Crippen molar-refractivity contribution >= 4 is 22.2 Å². The second kappa shape index (κ2) is 6.24. The lowest BCUT2D eigenvalue weighted by Crippen LogP contribution is -2.38. The lowest BCUT2D eigenvalue weighted by atomic mass is 10.0. The van der Waals surface area contributed by atoms with Gasteiger partial charge in [-0.05, 0) is 36.2 Å². The molecule has 0 fully saturated rings. The molecule has 3 N–H and O–H groups in total. The van der Waals surface area contributed by atoms with Gasteiger partial charge in [-0.3, -0.25) is 9.69 Å². The number of thiophene rings is 1. The van der Waals surface area contributed by atoms with E-state index >= 15 is 0 Å². The molecule has 6 nitrogen and oxygen atoms in total. The number of nitrogens with zero attached hydrogens (tertiary/aromatic N) is 1. The molecule has 1 unspecified atom stereocenters. The number of amides is 1. The van der Waals surface area contributed by atoms with E-state index in [4.69, 9.17) is 4.74 Å². The molecule has 0 saturated carbocycles. The minimum Gasteiger partial charge on any atom is -0.504 e. The Hall–Kier alpha value is -2.25. The van der Waals surface area contributed by atoms with Gasteiger partial charge in [0.15, 0.2) is 11.5 Å². The first kappa shape index (κ1) is 16.2. The standard InChI is InChI=1S/C18H21N3O3S/c1-3-21-7-6-11-14(9-21)25-18-15(11)17(23)19-16(20-18)10-4-5-13(24-2)12(22)8-10/h4-5,8,16,20,22H,3,6-7,9H2,1-2H3,(H,19,23). The summed E-state index contributed by atoms with van der Waals surface area (Å²) in [5.74, 6) is 0.431. The third kappa shape index (κ3) is 2.73. The molecule has 0 radical (unpaired) electrons. The van der Waals surface area contributed by atoms with Gasteiger partial charge in [0.25, 0.3) is 5.91 Å². The normalized spacial score (nSPS) is 19.6. The number of nitrogens with one attached hydrogen (secondary N) is 2. The van der Waals surface area contributed by atoms with Crippen LogP contribution in [0.2, 0.25) is 0 Å². The molecule has 0 saturated heterocycles. The van der Waals surface area contributed by atoms with E-state index in [-0.39, 0.29) is 17.8 Å². The molecule has 7 heteroatoms. The molecule has 2 aromatic rings. The summed E-state index contributed by atoms with van der Waals surface area (Å²) < 4.78 is 5.08. The van der Waals surface area contributed by atoms with Gasteiger partial charge >= 0.3 is 0 Å². The van der Waals surface area contributed by atoms with Crippen molar-refractivity contribution < 1.29 is 14.6 Å². The minimum absolute atomic E-state index is 0.0449. The number of benzene rings is 1. The van der Waals surface area contributed by atoms with Crippen LogP contribution in [0.15, 0.2) is 18.2 Å². The van der Waals surface area contributed by atoms with Gasteiger partial charge in [-0.2, -0.15) is 0 Å². The van der Waals surface area contributed by atoms with Crippen LogP contribution in [0.3, 0.4) is 0 Å². The van der Waals surface area contributed by atoms with E-state index in [0.717, 1.165) is 42.2 Å². The van der Waals surface area contributed by atoms with Gasteiger partial charge in [0.2, 0.25) is 0 Å². The van der Waals surface area contributed by atoms with Crippen LogP contribution in [-0.4, -0.2) is 36.1 Å². The maximum absolute atomic E-state index is 12.7. The number of phenolic OH excluding ortho intramolecular Hbond substituents is 1. The third-order valence-corrected chi connectivity index (χ3v) is 6.05. The van der Waals surface area contributed by atoms with Crippen molar-refractivity contribution in [3.63, 3.8) is 0 Å². The summed E-state index contributed by atoms with van der Waals surface area (Å²) in [5, 5.41) is 17.3. The molecule has 0 aliphatic carbocycles. The van der Waals surface area contributed by atoms with Crippen molar-refractivity contribution in [2.24, 2.45) is 0 Å². The van der Waals surface area contributed by atoms with Crippen LogP contribution >= 0.6 is 11.3 Å². The Morgan fingerprint density at radius 1 is 1.40 bits per heavy atom. The molecule has 132 valence electrons. The first-order chi connectivity index (χ1) is 12.1. The molecule has 4 rings (SSSR count). The topological polar surface area (TPSA) is 73.8 Å². The number of ether oxygens (including phenoxy) is 1. The van der Waals surface area contributed by atoms with Crippen LogP contribution in [0.5, 0.6) is 11.5 Å².